The Bertz CT molecular complexity index is 614. The number of para-hydroxylation sites is 1. The highest BCUT2D eigenvalue weighted by Crippen LogP contribution is 2.22. The lowest BCUT2D eigenvalue weighted by Gasteiger charge is -2.12. The SMILES string of the molecule is Cc1ccc(NC(=S)Nc2ccccc2Cl)cc1Cl. The van der Waals surface area contributed by atoms with Crippen LogP contribution in [0.5, 0.6) is 0 Å². The molecule has 0 aliphatic carbocycles. The predicted molar refractivity (Wildman–Crippen MR) is 87.5 cm³/mol. The molecule has 5 heteroatoms. The van der Waals surface area contributed by atoms with E-state index < -0.39 is 0 Å². The summed E-state index contributed by atoms with van der Waals surface area (Å²) in [5, 5.41) is 7.89. The van der Waals surface area contributed by atoms with Gasteiger partial charge in [-0.25, -0.2) is 0 Å². The third kappa shape index (κ3) is 3.83. The molecule has 98 valence electrons. The van der Waals surface area contributed by atoms with E-state index in [1.807, 2.05) is 43.3 Å². The summed E-state index contributed by atoms with van der Waals surface area (Å²) in [6.07, 6.45) is 0. The lowest BCUT2D eigenvalue weighted by Crippen LogP contribution is -2.19. The fourth-order valence-electron chi connectivity index (χ4n) is 1.52. The molecule has 0 aliphatic heterocycles. The Balaban J connectivity index is 2.05. The molecule has 0 heterocycles. The lowest BCUT2D eigenvalue weighted by atomic mass is 10.2. The van der Waals surface area contributed by atoms with E-state index in [1.165, 1.54) is 0 Å². The zero-order valence-electron chi connectivity index (χ0n) is 10.2. The first-order valence-electron chi connectivity index (χ1n) is 5.65. The lowest BCUT2D eigenvalue weighted by molar-refractivity contribution is 1.46. The van der Waals surface area contributed by atoms with Gasteiger partial charge < -0.3 is 10.6 Å². The number of thiocarbonyl (C=S) groups is 1. The van der Waals surface area contributed by atoms with Crippen molar-refractivity contribution in [3.05, 3.63) is 58.1 Å². The number of hydrogen-bond acceptors (Lipinski definition) is 1. The molecule has 0 spiro atoms. The van der Waals surface area contributed by atoms with E-state index in [4.69, 9.17) is 35.4 Å². The molecule has 0 aliphatic rings. The molecule has 0 saturated carbocycles. The van der Waals surface area contributed by atoms with Crippen molar-refractivity contribution >= 4 is 51.9 Å². The molecule has 0 radical (unpaired) electrons. The third-order valence-corrected chi connectivity index (χ3v) is 3.49. The highest BCUT2D eigenvalue weighted by molar-refractivity contribution is 7.80. The summed E-state index contributed by atoms with van der Waals surface area (Å²) >= 11 is 17.3. The average molecular weight is 311 g/mol. The van der Waals surface area contributed by atoms with Crippen LogP contribution in [0, 0.1) is 6.92 Å². The number of halogens is 2. The number of nitrogens with one attached hydrogen (secondary N) is 2. The molecule has 2 nitrogen and oxygen atoms in total. The van der Waals surface area contributed by atoms with E-state index in [0.29, 0.717) is 15.2 Å². The van der Waals surface area contributed by atoms with Crippen molar-refractivity contribution in [2.75, 3.05) is 10.6 Å². The first kappa shape index (κ1) is 14.1. The molecule has 2 aromatic carbocycles. The highest BCUT2D eigenvalue weighted by atomic mass is 35.5. The number of hydrogen-bond donors (Lipinski definition) is 2. The molecule has 0 amide bonds. The molecule has 19 heavy (non-hydrogen) atoms. The van der Waals surface area contributed by atoms with E-state index in [1.54, 1.807) is 6.07 Å². The van der Waals surface area contributed by atoms with Crippen LogP contribution in [0.2, 0.25) is 10.0 Å². The minimum atomic E-state index is 0.466. The second-order valence-electron chi connectivity index (χ2n) is 4.02. The zero-order chi connectivity index (χ0) is 13.8. The highest BCUT2D eigenvalue weighted by Gasteiger charge is 2.03. The van der Waals surface area contributed by atoms with Gasteiger partial charge in [0.2, 0.25) is 0 Å². The maximum absolute atomic E-state index is 6.06. The maximum Gasteiger partial charge on any atom is 0.175 e. The van der Waals surface area contributed by atoms with Crippen LogP contribution in [0.25, 0.3) is 0 Å². The first-order chi connectivity index (χ1) is 9.06. The average Bonchev–Trinajstić information content (AvgIpc) is 2.37. The predicted octanol–water partition coefficient (Wildman–Crippen LogP) is 5.11. The molecule has 0 unspecified atom stereocenters. The number of anilines is 2. The van der Waals surface area contributed by atoms with Crippen LogP contribution in [0.15, 0.2) is 42.5 Å². The minimum absolute atomic E-state index is 0.466. The molecule has 0 aromatic heterocycles. The van der Waals surface area contributed by atoms with Crippen LogP contribution >= 0.6 is 35.4 Å². The van der Waals surface area contributed by atoms with Gasteiger partial charge >= 0.3 is 0 Å². The van der Waals surface area contributed by atoms with Crippen LogP contribution in [0.4, 0.5) is 11.4 Å². The molecule has 0 bridgehead atoms. The zero-order valence-corrected chi connectivity index (χ0v) is 12.5. The Morgan fingerprint density at radius 2 is 1.74 bits per heavy atom. The van der Waals surface area contributed by atoms with Gasteiger partial charge in [-0.2, -0.15) is 0 Å². The van der Waals surface area contributed by atoms with Gasteiger partial charge in [-0.15, -0.1) is 0 Å². The largest absolute Gasteiger partial charge is 0.332 e. The fraction of sp³-hybridized carbons (Fsp3) is 0.0714. The molecule has 2 aromatic rings. The van der Waals surface area contributed by atoms with Gasteiger partial charge in [0.25, 0.3) is 0 Å². The Hall–Kier alpha value is -1.29. The van der Waals surface area contributed by atoms with Crippen molar-refractivity contribution in [3.8, 4) is 0 Å². The minimum Gasteiger partial charge on any atom is -0.332 e. The summed E-state index contributed by atoms with van der Waals surface area (Å²) in [6, 6.07) is 13.1. The van der Waals surface area contributed by atoms with E-state index >= 15 is 0 Å². The van der Waals surface area contributed by atoms with Crippen LogP contribution in [-0.4, -0.2) is 5.11 Å². The standard InChI is InChI=1S/C14H12Cl2N2S/c1-9-6-7-10(8-12(9)16)17-14(19)18-13-5-3-2-4-11(13)15/h2-8H,1H3,(H2,17,18,19). The van der Waals surface area contributed by atoms with Gasteiger partial charge in [0.15, 0.2) is 5.11 Å². The van der Waals surface area contributed by atoms with Crippen molar-refractivity contribution in [2.45, 2.75) is 6.92 Å². The molecule has 0 saturated heterocycles. The second kappa shape index (κ2) is 6.24. The topological polar surface area (TPSA) is 24.1 Å². The maximum atomic E-state index is 6.06. The number of rotatable bonds is 2. The molecular weight excluding hydrogens is 299 g/mol. The van der Waals surface area contributed by atoms with Gasteiger partial charge in [0.1, 0.15) is 0 Å². The van der Waals surface area contributed by atoms with Gasteiger partial charge in [0, 0.05) is 10.7 Å². The Morgan fingerprint density at radius 1 is 1.00 bits per heavy atom. The summed E-state index contributed by atoms with van der Waals surface area (Å²) in [6.45, 7) is 1.95. The van der Waals surface area contributed by atoms with Crippen molar-refractivity contribution < 1.29 is 0 Å². The summed E-state index contributed by atoms with van der Waals surface area (Å²) in [7, 11) is 0. The molecular formula is C14H12Cl2N2S. The summed E-state index contributed by atoms with van der Waals surface area (Å²) in [5.41, 5.74) is 2.62. The van der Waals surface area contributed by atoms with E-state index in [2.05, 4.69) is 10.6 Å². The van der Waals surface area contributed by atoms with Gasteiger partial charge in [-0.1, -0.05) is 41.4 Å². The van der Waals surface area contributed by atoms with Crippen molar-refractivity contribution in [1.82, 2.24) is 0 Å². The molecule has 0 fully saturated rings. The number of aryl methyl sites for hydroxylation is 1. The smallest absolute Gasteiger partial charge is 0.175 e. The Labute approximate surface area is 127 Å². The van der Waals surface area contributed by atoms with E-state index in [0.717, 1.165) is 16.9 Å². The summed E-state index contributed by atoms with van der Waals surface area (Å²) in [4.78, 5) is 0. The number of benzene rings is 2. The summed E-state index contributed by atoms with van der Waals surface area (Å²) in [5.74, 6) is 0. The van der Waals surface area contributed by atoms with Crippen LogP contribution in [-0.2, 0) is 0 Å². The normalized spacial score (nSPS) is 10.1. The fourth-order valence-corrected chi connectivity index (χ4v) is 2.11. The van der Waals surface area contributed by atoms with E-state index in [9.17, 15) is 0 Å². The van der Waals surface area contributed by atoms with Crippen LogP contribution in [0.3, 0.4) is 0 Å². The molecule has 2 rings (SSSR count). The van der Waals surface area contributed by atoms with Gasteiger partial charge in [0.05, 0.1) is 10.7 Å². The monoisotopic (exact) mass is 310 g/mol. The summed E-state index contributed by atoms with van der Waals surface area (Å²) < 4.78 is 0. The van der Waals surface area contributed by atoms with Crippen molar-refractivity contribution in [3.63, 3.8) is 0 Å². The second-order valence-corrected chi connectivity index (χ2v) is 5.25. The van der Waals surface area contributed by atoms with Gasteiger partial charge in [-0.05, 0) is 49.0 Å². The molecule has 2 N–H and O–H groups in total. The quantitative estimate of drug-likeness (QED) is 0.754. The first-order valence-corrected chi connectivity index (χ1v) is 6.81. The Kier molecular flexibility index (Phi) is 4.64. The van der Waals surface area contributed by atoms with Crippen molar-refractivity contribution in [1.29, 1.82) is 0 Å². The van der Waals surface area contributed by atoms with Gasteiger partial charge in [-0.3, -0.25) is 0 Å². The van der Waals surface area contributed by atoms with Crippen LogP contribution < -0.4 is 10.6 Å². The third-order valence-electron chi connectivity index (χ3n) is 2.55. The van der Waals surface area contributed by atoms with E-state index in [-0.39, 0.29) is 0 Å². The van der Waals surface area contributed by atoms with Crippen LogP contribution in [0.1, 0.15) is 5.56 Å². The molecule has 0 atom stereocenters. The Morgan fingerprint density at radius 3 is 2.42 bits per heavy atom. The van der Waals surface area contributed by atoms with Crippen molar-refractivity contribution in [2.24, 2.45) is 0 Å².